The summed E-state index contributed by atoms with van der Waals surface area (Å²) in [5.74, 6) is -1.27. The lowest BCUT2D eigenvalue weighted by Gasteiger charge is -2.32. The standard InChI is InChI=1S/C30H30ClFN6O3/c1-2-20-9-15-23(16-10-20)38(27(39)19-37-35-29(34-36-37)25-7-3-4-8-26(25)32)28(21-11-13-22(31)14-12-21)30(40)33-18-24-6-5-17-41-24/h3-4,7-16,24,28H,2,5-6,17-19H2,1H3,(H,33,40). The highest BCUT2D eigenvalue weighted by atomic mass is 35.5. The average Bonchev–Trinajstić information content (AvgIpc) is 3.68. The molecule has 212 valence electrons. The second-order valence-corrected chi connectivity index (χ2v) is 10.2. The van der Waals surface area contributed by atoms with Gasteiger partial charge in [0, 0.05) is 23.9 Å². The van der Waals surface area contributed by atoms with Gasteiger partial charge in [-0.15, -0.1) is 10.2 Å². The molecule has 1 aliphatic heterocycles. The number of halogens is 2. The Kier molecular flexibility index (Phi) is 9.01. The summed E-state index contributed by atoms with van der Waals surface area (Å²) < 4.78 is 20.0. The molecule has 0 saturated carbocycles. The molecule has 4 aromatic rings. The van der Waals surface area contributed by atoms with Gasteiger partial charge in [-0.3, -0.25) is 14.5 Å². The van der Waals surface area contributed by atoms with E-state index >= 15 is 0 Å². The first-order valence-corrected chi connectivity index (χ1v) is 13.9. The van der Waals surface area contributed by atoms with E-state index in [2.05, 4.69) is 20.7 Å². The van der Waals surface area contributed by atoms with Crippen LogP contribution in [0.25, 0.3) is 11.4 Å². The lowest BCUT2D eigenvalue weighted by molar-refractivity contribution is -0.127. The van der Waals surface area contributed by atoms with Crippen molar-refractivity contribution in [3.63, 3.8) is 0 Å². The zero-order chi connectivity index (χ0) is 28.8. The molecule has 1 saturated heterocycles. The summed E-state index contributed by atoms with van der Waals surface area (Å²) in [4.78, 5) is 30.4. The molecule has 2 unspecified atom stereocenters. The monoisotopic (exact) mass is 576 g/mol. The minimum absolute atomic E-state index is 0.0540. The number of hydrogen-bond acceptors (Lipinski definition) is 6. The molecule has 0 bridgehead atoms. The van der Waals surface area contributed by atoms with Crippen molar-refractivity contribution in [2.45, 2.75) is 44.9 Å². The summed E-state index contributed by atoms with van der Waals surface area (Å²) in [6, 6.07) is 19.3. The number of amides is 2. The van der Waals surface area contributed by atoms with Crippen molar-refractivity contribution in [3.05, 3.63) is 94.8 Å². The van der Waals surface area contributed by atoms with Crippen LogP contribution in [0, 0.1) is 5.82 Å². The number of rotatable bonds is 10. The van der Waals surface area contributed by atoms with Crippen molar-refractivity contribution in [2.75, 3.05) is 18.1 Å². The van der Waals surface area contributed by atoms with Crippen LogP contribution in [0.3, 0.4) is 0 Å². The Bertz CT molecular complexity index is 1490. The molecule has 0 radical (unpaired) electrons. The van der Waals surface area contributed by atoms with Gasteiger partial charge in [0.25, 0.3) is 5.91 Å². The number of carbonyl (C=O) groups excluding carboxylic acids is 2. The second kappa shape index (κ2) is 13.0. The van der Waals surface area contributed by atoms with Gasteiger partial charge in [0.1, 0.15) is 18.4 Å². The van der Waals surface area contributed by atoms with Crippen LogP contribution < -0.4 is 10.2 Å². The maximum Gasteiger partial charge on any atom is 0.251 e. The van der Waals surface area contributed by atoms with E-state index in [1.54, 1.807) is 36.4 Å². The zero-order valence-corrected chi connectivity index (χ0v) is 23.3. The van der Waals surface area contributed by atoms with Gasteiger partial charge in [0.2, 0.25) is 11.7 Å². The molecular formula is C30H30ClFN6O3. The molecule has 0 aliphatic carbocycles. The van der Waals surface area contributed by atoms with Crippen molar-refractivity contribution < 1.29 is 18.7 Å². The van der Waals surface area contributed by atoms with Crippen LogP contribution in [0.4, 0.5) is 10.1 Å². The third kappa shape index (κ3) is 6.78. The molecule has 0 spiro atoms. The van der Waals surface area contributed by atoms with Crippen LogP contribution in [0.2, 0.25) is 5.02 Å². The summed E-state index contributed by atoms with van der Waals surface area (Å²) in [5.41, 5.74) is 2.35. The fourth-order valence-electron chi connectivity index (χ4n) is 4.77. The molecule has 11 heteroatoms. The van der Waals surface area contributed by atoms with Crippen molar-refractivity contribution in [3.8, 4) is 11.4 Å². The summed E-state index contributed by atoms with van der Waals surface area (Å²) in [6.45, 7) is 2.70. The van der Waals surface area contributed by atoms with Crippen LogP contribution in [0.5, 0.6) is 0 Å². The summed E-state index contributed by atoms with van der Waals surface area (Å²) in [6.07, 6.45) is 2.54. The molecular weight excluding hydrogens is 547 g/mol. The number of ether oxygens (including phenoxy) is 1. The molecule has 1 fully saturated rings. The Hall–Kier alpha value is -4.15. The van der Waals surface area contributed by atoms with Crippen LogP contribution in [0.15, 0.2) is 72.8 Å². The largest absolute Gasteiger partial charge is 0.376 e. The Morgan fingerprint density at radius 2 is 1.88 bits per heavy atom. The number of aryl methyl sites for hydroxylation is 1. The molecule has 2 atom stereocenters. The van der Waals surface area contributed by atoms with Crippen LogP contribution in [0.1, 0.15) is 36.9 Å². The summed E-state index contributed by atoms with van der Waals surface area (Å²) in [7, 11) is 0. The van der Waals surface area contributed by atoms with E-state index in [0.29, 0.717) is 29.4 Å². The first-order chi connectivity index (χ1) is 19.9. The number of anilines is 1. The number of tetrazole rings is 1. The Morgan fingerprint density at radius 3 is 2.56 bits per heavy atom. The summed E-state index contributed by atoms with van der Waals surface area (Å²) >= 11 is 6.16. The van der Waals surface area contributed by atoms with Crippen LogP contribution in [-0.2, 0) is 27.3 Å². The van der Waals surface area contributed by atoms with E-state index in [0.717, 1.165) is 29.6 Å². The summed E-state index contributed by atoms with van der Waals surface area (Å²) in [5, 5.41) is 15.6. The zero-order valence-electron chi connectivity index (χ0n) is 22.5. The topological polar surface area (TPSA) is 102 Å². The normalized spacial score (nSPS) is 15.4. The smallest absolute Gasteiger partial charge is 0.251 e. The van der Waals surface area contributed by atoms with Gasteiger partial charge >= 0.3 is 0 Å². The van der Waals surface area contributed by atoms with Crippen LogP contribution >= 0.6 is 11.6 Å². The van der Waals surface area contributed by atoms with Gasteiger partial charge in [0.05, 0.1) is 11.7 Å². The van der Waals surface area contributed by atoms with Gasteiger partial charge in [-0.2, -0.15) is 4.80 Å². The first-order valence-electron chi connectivity index (χ1n) is 13.5. The quantitative estimate of drug-likeness (QED) is 0.292. The Morgan fingerprint density at radius 1 is 1.12 bits per heavy atom. The minimum atomic E-state index is -1.02. The molecule has 1 aliphatic rings. The van der Waals surface area contributed by atoms with Crippen molar-refractivity contribution >= 4 is 29.1 Å². The third-order valence-corrected chi connectivity index (χ3v) is 7.21. The van der Waals surface area contributed by atoms with E-state index < -0.39 is 17.8 Å². The van der Waals surface area contributed by atoms with Gasteiger partial charge in [-0.1, -0.05) is 54.9 Å². The number of aromatic nitrogens is 4. The van der Waals surface area contributed by atoms with E-state index in [-0.39, 0.29) is 29.9 Å². The highest BCUT2D eigenvalue weighted by Gasteiger charge is 2.34. The molecule has 9 nitrogen and oxygen atoms in total. The highest BCUT2D eigenvalue weighted by Crippen LogP contribution is 2.30. The number of nitrogens with zero attached hydrogens (tertiary/aromatic N) is 5. The van der Waals surface area contributed by atoms with Crippen molar-refractivity contribution in [1.82, 2.24) is 25.5 Å². The molecule has 5 rings (SSSR count). The number of nitrogens with one attached hydrogen (secondary N) is 1. The molecule has 2 amide bonds. The fourth-order valence-corrected chi connectivity index (χ4v) is 4.89. The molecule has 3 aromatic carbocycles. The van der Waals surface area contributed by atoms with Crippen LogP contribution in [-0.4, -0.2) is 51.3 Å². The SMILES string of the molecule is CCc1ccc(N(C(=O)Cn2nnc(-c3ccccc3F)n2)C(C(=O)NCC2CCCO2)c2ccc(Cl)cc2)cc1. The van der Waals surface area contributed by atoms with Gasteiger partial charge in [-0.05, 0) is 72.0 Å². The predicted molar refractivity (Wildman–Crippen MR) is 153 cm³/mol. The predicted octanol–water partition coefficient (Wildman–Crippen LogP) is 4.76. The number of benzene rings is 3. The Labute approximate surface area is 242 Å². The van der Waals surface area contributed by atoms with E-state index in [1.807, 2.05) is 31.2 Å². The maximum absolute atomic E-state index is 14.3. The van der Waals surface area contributed by atoms with Gasteiger partial charge < -0.3 is 10.1 Å². The molecule has 2 heterocycles. The van der Waals surface area contributed by atoms with Crippen molar-refractivity contribution in [2.24, 2.45) is 0 Å². The van der Waals surface area contributed by atoms with E-state index in [9.17, 15) is 14.0 Å². The van der Waals surface area contributed by atoms with E-state index in [1.165, 1.54) is 17.0 Å². The third-order valence-electron chi connectivity index (χ3n) is 6.96. The lowest BCUT2D eigenvalue weighted by atomic mass is 10.0. The average molecular weight is 577 g/mol. The Balaban J connectivity index is 1.49. The first kappa shape index (κ1) is 28.4. The minimum Gasteiger partial charge on any atom is -0.376 e. The second-order valence-electron chi connectivity index (χ2n) is 9.74. The highest BCUT2D eigenvalue weighted by molar-refractivity contribution is 6.30. The molecule has 1 N–H and O–H groups in total. The number of hydrogen-bond donors (Lipinski definition) is 1. The maximum atomic E-state index is 14.3. The fraction of sp³-hybridized carbons (Fsp3) is 0.300. The van der Waals surface area contributed by atoms with Gasteiger partial charge in [0.15, 0.2) is 0 Å². The van der Waals surface area contributed by atoms with Gasteiger partial charge in [-0.25, -0.2) is 4.39 Å². The van der Waals surface area contributed by atoms with Crippen molar-refractivity contribution in [1.29, 1.82) is 0 Å². The molecule has 1 aromatic heterocycles. The lowest BCUT2D eigenvalue weighted by Crippen LogP contribution is -2.46. The van der Waals surface area contributed by atoms with E-state index in [4.69, 9.17) is 16.3 Å². The molecule has 41 heavy (non-hydrogen) atoms. The number of carbonyl (C=O) groups is 2.